The molecule has 2 heterocycles. The maximum absolute atomic E-state index is 12.1. The number of amides is 1. The van der Waals surface area contributed by atoms with Crippen LogP contribution in [0.15, 0.2) is 16.0 Å². The highest BCUT2D eigenvalue weighted by molar-refractivity contribution is 7.99. The van der Waals surface area contributed by atoms with Crippen molar-refractivity contribution in [3.63, 3.8) is 0 Å². The molecule has 110 valence electrons. The number of aromatic nitrogens is 2. The molecular weight excluding hydrogens is 280 g/mol. The molecule has 1 aliphatic rings. The van der Waals surface area contributed by atoms with Crippen molar-refractivity contribution in [2.75, 3.05) is 24.6 Å². The van der Waals surface area contributed by atoms with Crippen LogP contribution >= 0.6 is 11.8 Å². The molecule has 1 fully saturated rings. The summed E-state index contributed by atoms with van der Waals surface area (Å²) in [6.07, 6.45) is 0.0796. The predicted molar refractivity (Wildman–Crippen MR) is 76.6 cm³/mol. The van der Waals surface area contributed by atoms with Crippen molar-refractivity contribution in [2.45, 2.75) is 31.2 Å². The maximum Gasteiger partial charge on any atom is 0.253 e. The number of nitrogen functional groups attached to an aromatic ring is 1. The molecule has 2 atom stereocenters. The van der Waals surface area contributed by atoms with E-state index in [1.54, 1.807) is 4.90 Å². The Kier molecular flexibility index (Phi) is 4.66. The van der Waals surface area contributed by atoms with Crippen LogP contribution in [0.25, 0.3) is 0 Å². The summed E-state index contributed by atoms with van der Waals surface area (Å²) in [7, 11) is 0. The van der Waals surface area contributed by atoms with Crippen LogP contribution in [0.2, 0.25) is 0 Å². The van der Waals surface area contributed by atoms with Gasteiger partial charge < -0.3 is 20.4 Å². The number of morpholine rings is 1. The summed E-state index contributed by atoms with van der Waals surface area (Å²) in [5.74, 6) is 0.366. The van der Waals surface area contributed by atoms with Gasteiger partial charge >= 0.3 is 0 Å². The molecule has 2 rings (SSSR count). The number of carbonyl (C=O) groups is 1. The average molecular weight is 298 g/mol. The first-order valence-electron chi connectivity index (χ1n) is 6.37. The standard InChI is InChI=1S/C12H18N4O3S/c1-7-4-16(5-8(2)19-7)11(18)6-20-12-14-9(13)3-10(17)15-12/h3,7-8H,4-6H2,1-2H3,(H3,13,14,15,17). The van der Waals surface area contributed by atoms with Crippen LogP contribution in [0.5, 0.6) is 0 Å². The summed E-state index contributed by atoms with van der Waals surface area (Å²) < 4.78 is 5.58. The number of H-pyrrole nitrogens is 1. The molecule has 1 aromatic rings. The van der Waals surface area contributed by atoms with E-state index in [2.05, 4.69) is 9.97 Å². The second-order valence-electron chi connectivity index (χ2n) is 4.82. The van der Waals surface area contributed by atoms with E-state index in [1.165, 1.54) is 17.8 Å². The van der Waals surface area contributed by atoms with Gasteiger partial charge in [-0.15, -0.1) is 0 Å². The number of nitrogens with two attached hydrogens (primary N) is 1. The number of anilines is 1. The Morgan fingerprint density at radius 2 is 2.20 bits per heavy atom. The minimum Gasteiger partial charge on any atom is -0.383 e. The lowest BCUT2D eigenvalue weighted by Gasteiger charge is -2.35. The highest BCUT2D eigenvalue weighted by atomic mass is 32.2. The largest absolute Gasteiger partial charge is 0.383 e. The topological polar surface area (TPSA) is 101 Å². The van der Waals surface area contributed by atoms with Crippen molar-refractivity contribution in [3.8, 4) is 0 Å². The third kappa shape index (κ3) is 3.97. The summed E-state index contributed by atoms with van der Waals surface area (Å²) >= 11 is 1.17. The molecule has 0 saturated carbocycles. The highest BCUT2D eigenvalue weighted by Gasteiger charge is 2.25. The Morgan fingerprint density at radius 3 is 2.80 bits per heavy atom. The molecule has 20 heavy (non-hydrogen) atoms. The molecular formula is C12H18N4O3S. The molecule has 0 spiro atoms. The van der Waals surface area contributed by atoms with Crippen LogP contribution in [0.4, 0.5) is 5.82 Å². The van der Waals surface area contributed by atoms with Gasteiger partial charge in [0.15, 0.2) is 5.16 Å². The lowest BCUT2D eigenvalue weighted by molar-refractivity contribution is -0.140. The number of ether oxygens (including phenoxy) is 1. The number of thioether (sulfide) groups is 1. The Bertz CT molecular complexity index is 538. The second kappa shape index (κ2) is 6.27. The van der Waals surface area contributed by atoms with Crippen molar-refractivity contribution >= 4 is 23.5 Å². The monoisotopic (exact) mass is 298 g/mol. The van der Waals surface area contributed by atoms with Crippen LogP contribution in [-0.4, -0.2) is 51.8 Å². The molecule has 0 aliphatic carbocycles. The van der Waals surface area contributed by atoms with Gasteiger partial charge in [-0.25, -0.2) is 4.98 Å². The van der Waals surface area contributed by atoms with Gasteiger partial charge in [0.25, 0.3) is 5.56 Å². The molecule has 1 amide bonds. The van der Waals surface area contributed by atoms with Crippen molar-refractivity contribution in [3.05, 3.63) is 16.4 Å². The van der Waals surface area contributed by atoms with E-state index in [4.69, 9.17) is 10.5 Å². The van der Waals surface area contributed by atoms with E-state index in [1.807, 2.05) is 13.8 Å². The van der Waals surface area contributed by atoms with Gasteiger partial charge in [-0.2, -0.15) is 0 Å². The molecule has 7 nitrogen and oxygen atoms in total. The van der Waals surface area contributed by atoms with Gasteiger partial charge in [-0.05, 0) is 13.8 Å². The third-order valence-electron chi connectivity index (χ3n) is 2.84. The number of hydrogen-bond acceptors (Lipinski definition) is 6. The van der Waals surface area contributed by atoms with Crippen LogP contribution in [0, 0.1) is 0 Å². The molecule has 1 saturated heterocycles. The minimum absolute atomic E-state index is 0.00192. The number of hydrogen-bond donors (Lipinski definition) is 2. The molecule has 1 aliphatic heterocycles. The Hall–Kier alpha value is -1.54. The zero-order chi connectivity index (χ0) is 14.7. The number of aromatic amines is 1. The van der Waals surface area contributed by atoms with E-state index in [-0.39, 0.29) is 35.2 Å². The second-order valence-corrected chi connectivity index (χ2v) is 5.78. The zero-order valence-electron chi connectivity index (χ0n) is 11.5. The fourth-order valence-corrected chi connectivity index (χ4v) is 2.91. The Morgan fingerprint density at radius 1 is 1.55 bits per heavy atom. The lowest BCUT2D eigenvalue weighted by atomic mass is 10.2. The first-order valence-corrected chi connectivity index (χ1v) is 7.35. The van der Waals surface area contributed by atoms with Gasteiger partial charge in [0.2, 0.25) is 5.91 Å². The van der Waals surface area contributed by atoms with Gasteiger partial charge in [0.1, 0.15) is 5.82 Å². The first-order chi connectivity index (χ1) is 9.44. The van der Waals surface area contributed by atoms with Crippen LogP contribution < -0.4 is 11.3 Å². The molecule has 1 aromatic heterocycles. The van der Waals surface area contributed by atoms with E-state index in [0.29, 0.717) is 18.2 Å². The van der Waals surface area contributed by atoms with E-state index < -0.39 is 0 Å². The normalized spacial score (nSPS) is 22.8. The van der Waals surface area contributed by atoms with Crippen molar-refractivity contribution < 1.29 is 9.53 Å². The predicted octanol–water partition coefficient (Wildman–Crippen LogP) is 0.0800. The minimum atomic E-state index is -0.318. The number of carbonyl (C=O) groups excluding carboxylic acids is 1. The quantitative estimate of drug-likeness (QED) is 0.605. The van der Waals surface area contributed by atoms with Crippen LogP contribution in [-0.2, 0) is 9.53 Å². The molecule has 0 aromatic carbocycles. The zero-order valence-corrected chi connectivity index (χ0v) is 12.3. The van der Waals surface area contributed by atoms with Gasteiger partial charge in [0.05, 0.1) is 18.0 Å². The van der Waals surface area contributed by atoms with Crippen molar-refractivity contribution in [1.82, 2.24) is 14.9 Å². The van der Waals surface area contributed by atoms with Crippen molar-refractivity contribution in [1.29, 1.82) is 0 Å². The first kappa shape index (κ1) is 14.9. The highest BCUT2D eigenvalue weighted by Crippen LogP contribution is 2.16. The number of nitrogens with one attached hydrogen (secondary N) is 1. The molecule has 0 radical (unpaired) electrons. The van der Waals surface area contributed by atoms with Crippen molar-refractivity contribution in [2.24, 2.45) is 0 Å². The molecule has 3 N–H and O–H groups in total. The van der Waals surface area contributed by atoms with E-state index in [0.717, 1.165) is 0 Å². The molecule has 0 bridgehead atoms. The smallest absolute Gasteiger partial charge is 0.253 e. The third-order valence-corrected chi connectivity index (χ3v) is 3.70. The number of rotatable bonds is 3. The van der Waals surface area contributed by atoms with Gasteiger partial charge in [-0.1, -0.05) is 11.8 Å². The summed E-state index contributed by atoms with van der Waals surface area (Å²) in [5.41, 5.74) is 5.17. The fourth-order valence-electron chi connectivity index (χ4n) is 2.12. The van der Waals surface area contributed by atoms with Gasteiger partial charge in [0, 0.05) is 19.2 Å². The van der Waals surface area contributed by atoms with Gasteiger partial charge in [-0.3, -0.25) is 9.59 Å². The SMILES string of the molecule is CC1CN(C(=O)CSc2nc(N)cc(=O)[nH]2)CC(C)O1. The summed E-state index contributed by atoms with van der Waals surface area (Å²) in [6.45, 7) is 5.06. The van der Waals surface area contributed by atoms with Crippen LogP contribution in [0.3, 0.4) is 0 Å². The molecule has 8 heteroatoms. The Labute approximate surface area is 120 Å². The van der Waals surface area contributed by atoms with Crippen LogP contribution in [0.1, 0.15) is 13.8 Å². The summed E-state index contributed by atoms with van der Waals surface area (Å²) in [6, 6.07) is 1.21. The average Bonchev–Trinajstić information content (AvgIpc) is 2.33. The van der Waals surface area contributed by atoms with E-state index in [9.17, 15) is 9.59 Å². The van der Waals surface area contributed by atoms with E-state index >= 15 is 0 Å². The number of nitrogens with zero attached hydrogens (tertiary/aromatic N) is 2. The summed E-state index contributed by atoms with van der Waals surface area (Å²) in [5, 5.41) is 0.359. The Balaban J connectivity index is 1.93. The molecule has 2 unspecified atom stereocenters. The summed E-state index contributed by atoms with van der Waals surface area (Å²) in [4.78, 5) is 31.7. The lowest BCUT2D eigenvalue weighted by Crippen LogP contribution is -2.48. The maximum atomic E-state index is 12.1. The fraction of sp³-hybridized carbons (Fsp3) is 0.583.